The van der Waals surface area contributed by atoms with E-state index in [4.69, 9.17) is 27.9 Å². The van der Waals surface area contributed by atoms with Gasteiger partial charge in [0.15, 0.2) is 5.75 Å². The number of hydrogen-bond acceptors (Lipinski definition) is 5. The SMILES string of the molecule is O=[N+]([O-])c1cc(Oc2ncccn2)c(Cl)cc1Cl. The maximum absolute atomic E-state index is 10.7. The number of nitro groups is 1. The molecule has 0 unspecified atom stereocenters. The Morgan fingerprint density at radius 2 is 1.83 bits per heavy atom. The number of hydrogen-bond donors (Lipinski definition) is 0. The van der Waals surface area contributed by atoms with Crippen molar-refractivity contribution >= 4 is 28.9 Å². The Kier molecular flexibility index (Phi) is 3.59. The number of halogens is 2. The molecule has 6 nitrogen and oxygen atoms in total. The Balaban J connectivity index is 2.39. The predicted molar refractivity (Wildman–Crippen MR) is 65.2 cm³/mol. The molecule has 0 saturated heterocycles. The van der Waals surface area contributed by atoms with Gasteiger partial charge in [0, 0.05) is 12.4 Å². The summed E-state index contributed by atoms with van der Waals surface area (Å²) in [6.07, 6.45) is 2.95. The molecule has 18 heavy (non-hydrogen) atoms. The van der Waals surface area contributed by atoms with E-state index >= 15 is 0 Å². The normalized spacial score (nSPS) is 10.1. The van der Waals surface area contributed by atoms with Gasteiger partial charge in [0.25, 0.3) is 5.69 Å². The van der Waals surface area contributed by atoms with Gasteiger partial charge in [-0.25, -0.2) is 9.97 Å². The van der Waals surface area contributed by atoms with E-state index in [1.54, 1.807) is 6.07 Å². The fourth-order valence-corrected chi connectivity index (χ4v) is 1.66. The van der Waals surface area contributed by atoms with E-state index in [1.165, 1.54) is 18.5 Å². The van der Waals surface area contributed by atoms with Crippen LogP contribution in [0.4, 0.5) is 5.69 Å². The Bertz CT molecular complexity index is 592. The van der Waals surface area contributed by atoms with Gasteiger partial charge < -0.3 is 4.74 Å². The Labute approximate surface area is 111 Å². The molecule has 2 aromatic rings. The summed E-state index contributed by atoms with van der Waals surface area (Å²) in [4.78, 5) is 17.7. The van der Waals surface area contributed by atoms with Crippen LogP contribution in [0.5, 0.6) is 11.8 Å². The lowest BCUT2D eigenvalue weighted by atomic mass is 10.3. The molecular weight excluding hydrogens is 281 g/mol. The van der Waals surface area contributed by atoms with Gasteiger partial charge in [-0.2, -0.15) is 0 Å². The second-order valence-electron chi connectivity index (χ2n) is 3.12. The zero-order valence-electron chi connectivity index (χ0n) is 8.71. The number of benzene rings is 1. The zero-order chi connectivity index (χ0) is 13.1. The summed E-state index contributed by atoms with van der Waals surface area (Å²) in [6.45, 7) is 0. The average molecular weight is 286 g/mol. The van der Waals surface area contributed by atoms with Crippen LogP contribution in [0.15, 0.2) is 30.6 Å². The third kappa shape index (κ3) is 2.66. The van der Waals surface area contributed by atoms with Crippen LogP contribution in [0.1, 0.15) is 0 Å². The van der Waals surface area contributed by atoms with Gasteiger partial charge >= 0.3 is 6.01 Å². The molecule has 1 aromatic carbocycles. The Morgan fingerprint density at radius 3 is 2.44 bits per heavy atom. The predicted octanol–water partition coefficient (Wildman–Crippen LogP) is 3.48. The van der Waals surface area contributed by atoms with Crippen molar-refractivity contribution in [3.63, 3.8) is 0 Å². The summed E-state index contributed by atoms with van der Waals surface area (Å²) in [5.41, 5.74) is -0.299. The zero-order valence-corrected chi connectivity index (χ0v) is 10.2. The molecule has 92 valence electrons. The van der Waals surface area contributed by atoms with Gasteiger partial charge in [0.1, 0.15) is 5.02 Å². The van der Waals surface area contributed by atoms with Gasteiger partial charge in [0.2, 0.25) is 0 Å². The van der Waals surface area contributed by atoms with Crippen LogP contribution >= 0.6 is 23.2 Å². The van der Waals surface area contributed by atoms with Gasteiger partial charge in [-0.1, -0.05) is 23.2 Å². The van der Waals surface area contributed by atoms with Gasteiger partial charge in [0.05, 0.1) is 16.0 Å². The smallest absolute Gasteiger partial charge is 0.321 e. The molecule has 0 aliphatic carbocycles. The molecule has 0 atom stereocenters. The molecule has 0 N–H and O–H groups in total. The number of ether oxygens (including phenoxy) is 1. The number of aromatic nitrogens is 2. The number of nitrogens with zero attached hydrogens (tertiary/aromatic N) is 3. The third-order valence-electron chi connectivity index (χ3n) is 1.94. The highest BCUT2D eigenvalue weighted by Crippen LogP contribution is 2.36. The number of rotatable bonds is 3. The molecule has 0 spiro atoms. The van der Waals surface area contributed by atoms with Crippen LogP contribution in [0.3, 0.4) is 0 Å². The molecule has 0 radical (unpaired) electrons. The van der Waals surface area contributed by atoms with E-state index in [9.17, 15) is 10.1 Å². The first-order valence-electron chi connectivity index (χ1n) is 4.66. The van der Waals surface area contributed by atoms with E-state index in [1.807, 2.05) is 0 Å². The first-order valence-corrected chi connectivity index (χ1v) is 5.42. The monoisotopic (exact) mass is 285 g/mol. The van der Waals surface area contributed by atoms with Gasteiger partial charge in [-0.15, -0.1) is 0 Å². The first-order chi connectivity index (χ1) is 8.58. The summed E-state index contributed by atoms with van der Waals surface area (Å²) < 4.78 is 5.24. The van der Waals surface area contributed by atoms with Crippen molar-refractivity contribution in [2.45, 2.75) is 0 Å². The molecule has 0 bridgehead atoms. The summed E-state index contributed by atoms with van der Waals surface area (Å²) >= 11 is 11.6. The third-order valence-corrected chi connectivity index (χ3v) is 2.54. The van der Waals surface area contributed by atoms with Crippen LogP contribution in [0.25, 0.3) is 0 Å². The lowest BCUT2D eigenvalue weighted by Gasteiger charge is -2.05. The topological polar surface area (TPSA) is 78.2 Å². The van der Waals surface area contributed by atoms with E-state index in [2.05, 4.69) is 9.97 Å². The van der Waals surface area contributed by atoms with E-state index in [0.29, 0.717) is 0 Å². The van der Waals surface area contributed by atoms with Crippen molar-refractivity contribution < 1.29 is 9.66 Å². The molecule has 0 fully saturated rings. The molecule has 1 heterocycles. The molecule has 2 rings (SSSR count). The largest absolute Gasteiger partial charge is 0.422 e. The summed E-state index contributed by atoms with van der Waals surface area (Å²) in [6, 6.07) is 4.01. The molecule has 0 aliphatic rings. The highest BCUT2D eigenvalue weighted by Gasteiger charge is 2.17. The molecule has 0 amide bonds. The molecule has 0 saturated carbocycles. The Morgan fingerprint density at radius 1 is 1.17 bits per heavy atom. The van der Waals surface area contributed by atoms with Crippen molar-refractivity contribution in [1.29, 1.82) is 0 Å². The standard InChI is InChI=1S/C10H5Cl2N3O3/c11-6-4-7(12)9(5-8(6)15(16)17)18-10-13-2-1-3-14-10/h1-5H. The van der Waals surface area contributed by atoms with Crippen molar-refractivity contribution in [1.82, 2.24) is 9.97 Å². The maximum Gasteiger partial charge on any atom is 0.321 e. The summed E-state index contributed by atoms with van der Waals surface area (Å²) in [5, 5.41) is 10.8. The van der Waals surface area contributed by atoms with Crippen molar-refractivity contribution in [2.75, 3.05) is 0 Å². The summed E-state index contributed by atoms with van der Waals surface area (Å²) in [7, 11) is 0. The van der Waals surface area contributed by atoms with Crippen molar-refractivity contribution in [2.24, 2.45) is 0 Å². The van der Waals surface area contributed by atoms with Crippen LogP contribution in [-0.4, -0.2) is 14.9 Å². The van der Waals surface area contributed by atoms with Crippen molar-refractivity contribution in [3.05, 3.63) is 50.8 Å². The van der Waals surface area contributed by atoms with Gasteiger partial charge in [-0.05, 0) is 12.1 Å². The maximum atomic E-state index is 10.7. The quantitative estimate of drug-likeness (QED) is 0.637. The fraction of sp³-hybridized carbons (Fsp3) is 0. The van der Waals surface area contributed by atoms with Crippen LogP contribution in [0, 0.1) is 10.1 Å². The molecule has 8 heteroatoms. The Hall–Kier alpha value is -1.92. The second-order valence-corrected chi connectivity index (χ2v) is 3.94. The van der Waals surface area contributed by atoms with E-state index < -0.39 is 4.92 Å². The van der Waals surface area contributed by atoms with E-state index in [-0.39, 0.29) is 27.5 Å². The fourth-order valence-electron chi connectivity index (χ4n) is 1.17. The van der Waals surface area contributed by atoms with Crippen LogP contribution in [0.2, 0.25) is 10.0 Å². The second kappa shape index (κ2) is 5.16. The van der Waals surface area contributed by atoms with Crippen LogP contribution < -0.4 is 4.74 Å². The van der Waals surface area contributed by atoms with Gasteiger partial charge in [-0.3, -0.25) is 10.1 Å². The average Bonchev–Trinajstić information content (AvgIpc) is 2.33. The lowest BCUT2D eigenvalue weighted by molar-refractivity contribution is -0.384. The minimum absolute atomic E-state index is 0.0380. The van der Waals surface area contributed by atoms with Crippen molar-refractivity contribution in [3.8, 4) is 11.8 Å². The first kappa shape index (κ1) is 12.5. The molecular formula is C10H5Cl2N3O3. The number of nitro benzene ring substituents is 1. The summed E-state index contributed by atoms with van der Waals surface area (Å²) in [5.74, 6) is 0.0685. The molecule has 0 aliphatic heterocycles. The highest BCUT2D eigenvalue weighted by atomic mass is 35.5. The minimum atomic E-state index is -0.628. The van der Waals surface area contributed by atoms with Crippen LogP contribution in [-0.2, 0) is 0 Å². The highest BCUT2D eigenvalue weighted by molar-refractivity contribution is 6.36. The molecule has 1 aromatic heterocycles. The minimum Gasteiger partial charge on any atom is -0.422 e. The van der Waals surface area contributed by atoms with E-state index in [0.717, 1.165) is 6.07 Å². The lowest BCUT2D eigenvalue weighted by Crippen LogP contribution is -1.94.